The lowest BCUT2D eigenvalue weighted by Crippen LogP contribution is -2.51. The van der Waals surface area contributed by atoms with Crippen molar-refractivity contribution in [3.63, 3.8) is 0 Å². The molecule has 0 bridgehead atoms. The van der Waals surface area contributed by atoms with E-state index in [0.717, 1.165) is 6.42 Å². The number of carbonyl (C=O) groups excluding carboxylic acids is 2. The zero-order chi connectivity index (χ0) is 26.4. The Hall–Kier alpha value is -3.10. The Balaban J connectivity index is 2.37. The van der Waals surface area contributed by atoms with Crippen molar-refractivity contribution in [2.75, 3.05) is 11.9 Å². The number of hydrogen-bond acceptors (Lipinski definition) is 5. The average Bonchev–Trinajstić information content (AvgIpc) is 2.76. The molecular formula is C22H31IN4O8. The minimum absolute atomic E-state index is 0.0512. The van der Waals surface area contributed by atoms with Gasteiger partial charge < -0.3 is 36.6 Å². The van der Waals surface area contributed by atoms with E-state index in [9.17, 15) is 29.1 Å². The van der Waals surface area contributed by atoms with E-state index in [4.69, 9.17) is 10.2 Å². The van der Waals surface area contributed by atoms with Crippen LogP contribution in [-0.4, -0.2) is 67.8 Å². The highest BCUT2D eigenvalue weighted by atomic mass is 127. The van der Waals surface area contributed by atoms with Gasteiger partial charge >= 0.3 is 30.0 Å². The molecule has 12 nitrogen and oxygen atoms in total. The van der Waals surface area contributed by atoms with Crippen LogP contribution in [0.1, 0.15) is 44.6 Å². The maximum Gasteiger partial charge on any atom is 0.326 e. The Kier molecular flexibility index (Phi) is 13.5. The summed E-state index contributed by atoms with van der Waals surface area (Å²) in [5.41, 5.74) is 1.82. The first-order chi connectivity index (χ1) is 16.5. The van der Waals surface area contributed by atoms with Crippen molar-refractivity contribution in [1.82, 2.24) is 16.0 Å². The Morgan fingerprint density at radius 1 is 0.857 bits per heavy atom. The van der Waals surface area contributed by atoms with Crippen molar-refractivity contribution in [2.45, 2.75) is 61.5 Å². The van der Waals surface area contributed by atoms with Gasteiger partial charge in [-0.1, -0.05) is 41.6 Å². The number of halogens is 1. The molecule has 0 unspecified atom stereocenters. The number of benzene rings is 1. The molecule has 1 rings (SSSR count). The van der Waals surface area contributed by atoms with Crippen LogP contribution in [0.15, 0.2) is 24.3 Å². The first kappa shape index (κ1) is 29.9. The largest absolute Gasteiger partial charge is 0.481 e. The Bertz CT molecular complexity index is 879. The van der Waals surface area contributed by atoms with Crippen LogP contribution in [0.4, 0.5) is 15.3 Å². The molecule has 0 saturated carbocycles. The number of anilines is 1. The summed E-state index contributed by atoms with van der Waals surface area (Å²) in [5, 5.41) is 36.7. The molecule has 0 aliphatic carbocycles. The molecular weight excluding hydrogens is 575 g/mol. The van der Waals surface area contributed by atoms with E-state index >= 15 is 0 Å². The third-order valence-electron chi connectivity index (χ3n) is 4.79. The van der Waals surface area contributed by atoms with Gasteiger partial charge in [-0.15, -0.1) is 0 Å². The second-order valence-electron chi connectivity index (χ2n) is 7.89. The molecule has 0 aliphatic rings. The summed E-state index contributed by atoms with van der Waals surface area (Å²) in [7, 11) is 0. The summed E-state index contributed by atoms with van der Waals surface area (Å²) >= 11 is 2.35. The van der Waals surface area contributed by atoms with Gasteiger partial charge in [0.05, 0.1) is 0 Å². The van der Waals surface area contributed by atoms with E-state index in [1.807, 2.05) is 24.3 Å². The normalized spacial score (nSPS) is 13.1. The third-order valence-corrected chi connectivity index (χ3v) is 5.23. The molecule has 35 heavy (non-hydrogen) atoms. The fourth-order valence-electron chi connectivity index (χ4n) is 3.04. The van der Waals surface area contributed by atoms with Crippen molar-refractivity contribution in [1.29, 1.82) is 0 Å². The summed E-state index contributed by atoms with van der Waals surface area (Å²) in [4.78, 5) is 57.1. The highest BCUT2D eigenvalue weighted by molar-refractivity contribution is 14.1. The van der Waals surface area contributed by atoms with Gasteiger partial charge in [-0.05, 0) is 49.8 Å². The van der Waals surface area contributed by atoms with Gasteiger partial charge in [0.2, 0.25) is 0 Å². The zero-order valence-corrected chi connectivity index (χ0v) is 21.4. The number of carbonyl (C=O) groups is 5. The number of rotatable bonds is 15. The molecule has 0 heterocycles. The molecule has 3 atom stereocenters. The Morgan fingerprint density at radius 3 is 1.94 bits per heavy atom. The maximum absolute atomic E-state index is 12.0. The highest BCUT2D eigenvalue weighted by Gasteiger charge is 2.24. The molecule has 0 fully saturated rings. The van der Waals surface area contributed by atoms with Crippen molar-refractivity contribution in [3.8, 4) is 0 Å². The first-order valence-electron chi connectivity index (χ1n) is 11.0. The third kappa shape index (κ3) is 13.4. The number of alkyl halides is 1. The fourth-order valence-corrected chi connectivity index (χ4v) is 3.55. The van der Waals surface area contributed by atoms with Crippen LogP contribution < -0.4 is 21.3 Å². The second-order valence-corrected chi connectivity index (χ2v) is 10.0. The van der Waals surface area contributed by atoms with E-state index in [-0.39, 0.29) is 19.4 Å². The van der Waals surface area contributed by atoms with Gasteiger partial charge in [0.1, 0.15) is 12.1 Å². The van der Waals surface area contributed by atoms with Gasteiger partial charge in [0.25, 0.3) is 0 Å². The number of urea groups is 2. The summed E-state index contributed by atoms with van der Waals surface area (Å²) in [6.45, 7) is 2.40. The van der Waals surface area contributed by atoms with Crippen molar-refractivity contribution in [2.24, 2.45) is 0 Å². The van der Waals surface area contributed by atoms with E-state index in [1.165, 1.54) is 5.56 Å². The number of hydrogen-bond donors (Lipinski definition) is 7. The smallest absolute Gasteiger partial charge is 0.326 e. The summed E-state index contributed by atoms with van der Waals surface area (Å²) in [6.07, 6.45) is 0.988. The molecule has 1 aromatic rings. The van der Waals surface area contributed by atoms with Crippen molar-refractivity contribution in [3.05, 3.63) is 29.8 Å². The average molecular weight is 606 g/mol. The number of unbranched alkanes of at least 4 members (excludes halogenated alkanes) is 1. The zero-order valence-electron chi connectivity index (χ0n) is 19.3. The standard InChI is InChI=1S/C22H31IN4O8/c1-13(23)12-14-5-7-15(8-6-14)25-21(34)24-11-3-2-4-16(19(30)31)26-22(35)27-17(20(32)33)9-10-18(28)29/h5-8,13,16-17H,2-4,9-12H2,1H3,(H,28,29)(H,30,31)(H,32,33)(H2,24,25,34)(H2,26,27,35)/t13-,16-,17-/m0/s1. The fraction of sp³-hybridized carbons (Fsp3) is 0.500. The quantitative estimate of drug-likeness (QED) is 0.0899. The minimum Gasteiger partial charge on any atom is -0.481 e. The van der Waals surface area contributed by atoms with Crippen molar-refractivity contribution < 1.29 is 39.3 Å². The molecule has 0 aromatic heterocycles. The minimum atomic E-state index is -1.46. The first-order valence-corrected chi connectivity index (χ1v) is 12.2. The molecule has 13 heteroatoms. The van der Waals surface area contributed by atoms with Gasteiger partial charge in [0, 0.05) is 22.6 Å². The lowest BCUT2D eigenvalue weighted by atomic mass is 10.1. The number of nitrogens with one attached hydrogen (secondary N) is 4. The SMILES string of the molecule is C[C@H](I)Cc1ccc(NC(=O)NCCCC[C@H](NC(=O)N[C@@H](CCC(=O)O)C(=O)O)C(=O)O)cc1. The van der Waals surface area contributed by atoms with Crippen molar-refractivity contribution >= 4 is 58.2 Å². The predicted molar refractivity (Wildman–Crippen MR) is 136 cm³/mol. The van der Waals surface area contributed by atoms with Gasteiger partial charge in [-0.25, -0.2) is 19.2 Å². The molecule has 0 aliphatic heterocycles. The summed E-state index contributed by atoms with van der Waals surface area (Å²) in [5.74, 6) is -3.95. The summed E-state index contributed by atoms with van der Waals surface area (Å²) < 4.78 is 0.505. The number of carboxylic acid groups (broad SMARTS) is 3. The van der Waals surface area contributed by atoms with Gasteiger partial charge in [0.15, 0.2) is 0 Å². The molecule has 4 amide bonds. The van der Waals surface area contributed by atoms with Gasteiger partial charge in [-0.2, -0.15) is 0 Å². The molecule has 0 spiro atoms. The second kappa shape index (κ2) is 15.7. The van der Waals surface area contributed by atoms with Gasteiger partial charge in [-0.3, -0.25) is 4.79 Å². The molecule has 7 N–H and O–H groups in total. The van der Waals surface area contributed by atoms with E-state index in [0.29, 0.717) is 22.5 Å². The van der Waals surface area contributed by atoms with Crippen LogP contribution in [0.2, 0.25) is 0 Å². The van der Waals surface area contributed by atoms with E-state index < -0.39 is 48.5 Å². The maximum atomic E-state index is 12.0. The van der Waals surface area contributed by atoms with Crippen LogP contribution in [0.25, 0.3) is 0 Å². The molecule has 194 valence electrons. The van der Waals surface area contributed by atoms with E-state index in [2.05, 4.69) is 50.8 Å². The topological polar surface area (TPSA) is 194 Å². The van der Waals surface area contributed by atoms with Crippen LogP contribution in [0.3, 0.4) is 0 Å². The highest BCUT2D eigenvalue weighted by Crippen LogP contribution is 2.14. The lowest BCUT2D eigenvalue weighted by Gasteiger charge is -2.18. The Labute approximate surface area is 216 Å². The molecule has 0 saturated heterocycles. The van der Waals surface area contributed by atoms with Crippen LogP contribution >= 0.6 is 22.6 Å². The number of amides is 4. The Morgan fingerprint density at radius 2 is 1.43 bits per heavy atom. The van der Waals surface area contributed by atoms with Crippen LogP contribution in [-0.2, 0) is 20.8 Å². The number of aliphatic carboxylic acids is 3. The van der Waals surface area contributed by atoms with Crippen LogP contribution in [0.5, 0.6) is 0 Å². The monoisotopic (exact) mass is 606 g/mol. The van der Waals surface area contributed by atoms with E-state index in [1.54, 1.807) is 0 Å². The molecule has 0 radical (unpaired) electrons. The molecule has 1 aromatic carbocycles. The number of carboxylic acids is 3. The predicted octanol–water partition coefficient (Wildman–Crippen LogP) is 2.41. The summed E-state index contributed by atoms with van der Waals surface area (Å²) in [6, 6.07) is 3.38. The van der Waals surface area contributed by atoms with Crippen LogP contribution in [0, 0.1) is 0 Å². The lowest BCUT2D eigenvalue weighted by molar-refractivity contribution is -0.140.